The molecule has 3 N–H and O–H groups in total. The molecule has 4 aromatic rings. The fourth-order valence-electron chi connectivity index (χ4n) is 4.09. The molecule has 1 aliphatic heterocycles. The average Bonchev–Trinajstić information content (AvgIpc) is 3.54. The van der Waals surface area contributed by atoms with E-state index in [0.717, 1.165) is 40.2 Å². The van der Waals surface area contributed by atoms with Crippen molar-refractivity contribution in [3.8, 4) is 11.4 Å². The Morgan fingerprint density at radius 2 is 2.12 bits per heavy atom. The summed E-state index contributed by atoms with van der Waals surface area (Å²) in [6.45, 7) is 3.40. The molecule has 170 valence electrons. The number of hydrogen-bond acceptors (Lipinski definition) is 7. The van der Waals surface area contributed by atoms with E-state index in [4.69, 9.17) is 9.72 Å². The Morgan fingerprint density at radius 1 is 1.21 bits per heavy atom. The van der Waals surface area contributed by atoms with Gasteiger partial charge in [0.1, 0.15) is 0 Å². The van der Waals surface area contributed by atoms with Crippen LogP contribution in [-0.4, -0.2) is 71.0 Å². The number of nitrogens with one attached hydrogen (secondary N) is 3. The Bertz CT molecular complexity index is 1240. The Kier molecular flexibility index (Phi) is 5.90. The molecule has 1 aliphatic rings. The van der Waals surface area contributed by atoms with E-state index in [1.807, 2.05) is 47.6 Å². The molecule has 33 heavy (non-hydrogen) atoms. The number of nitrogens with zero attached hydrogens (tertiary/aromatic N) is 5. The van der Waals surface area contributed by atoms with Crippen LogP contribution >= 0.6 is 0 Å². The van der Waals surface area contributed by atoms with E-state index in [1.54, 1.807) is 13.3 Å². The Morgan fingerprint density at radius 3 is 2.97 bits per heavy atom. The van der Waals surface area contributed by atoms with Crippen LogP contribution in [0.25, 0.3) is 22.3 Å². The molecule has 0 radical (unpaired) electrons. The van der Waals surface area contributed by atoms with Crippen molar-refractivity contribution in [2.24, 2.45) is 0 Å². The quantitative estimate of drug-likeness (QED) is 0.379. The fourth-order valence-corrected chi connectivity index (χ4v) is 4.09. The van der Waals surface area contributed by atoms with Crippen LogP contribution in [0.5, 0.6) is 0 Å². The lowest BCUT2D eigenvalue weighted by atomic mass is 10.1. The van der Waals surface area contributed by atoms with E-state index in [1.165, 1.54) is 0 Å². The van der Waals surface area contributed by atoms with E-state index >= 15 is 0 Å². The average molecular weight is 447 g/mol. The molecule has 0 atom stereocenters. The zero-order chi connectivity index (χ0) is 22.6. The van der Waals surface area contributed by atoms with Crippen molar-refractivity contribution in [3.63, 3.8) is 0 Å². The van der Waals surface area contributed by atoms with Crippen LogP contribution < -0.4 is 15.1 Å². The molecule has 0 aliphatic carbocycles. The largest absolute Gasteiger partial charge is 0.383 e. The van der Waals surface area contributed by atoms with Gasteiger partial charge in [-0.15, -0.1) is 0 Å². The van der Waals surface area contributed by atoms with Crippen LogP contribution in [0.1, 0.15) is 5.69 Å². The number of H-pyrrole nitrogens is 2. The highest BCUT2D eigenvalue weighted by Crippen LogP contribution is 2.34. The number of carbonyl (C=O) groups is 1. The number of carbonyl (C=O) groups excluding carboxylic acids is 1. The predicted molar refractivity (Wildman–Crippen MR) is 126 cm³/mol. The van der Waals surface area contributed by atoms with Gasteiger partial charge >= 0.3 is 0 Å². The minimum Gasteiger partial charge on any atom is -0.383 e. The number of ether oxygens (including phenoxy) is 1. The zero-order valence-corrected chi connectivity index (χ0v) is 18.4. The number of amides is 1. The summed E-state index contributed by atoms with van der Waals surface area (Å²) in [6.07, 6.45) is 5.41. The summed E-state index contributed by atoms with van der Waals surface area (Å²) in [4.78, 5) is 29.7. The molecule has 0 unspecified atom stereocenters. The molecule has 0 fully saturated rings. The van der Waals surface area contributed by atoms with Gasteiger partial charge in [0.15, 0.2) is 11.6 Å². The van der Waals surface area contributed by atoms with Crippen molar-refractivity contribution < 1.29 is 9.53 Å². The molecule has 0 saturated carbocycles. The Balaban J connectivity index is 1.41. The number of rotatable bonds is 8. The summed E-state index contributed by atoms with van der Waals surface area (Å²) in [5.41, 5.74) is 3.72. The van der Waals surface area contributed by atoms with E-state index in [-0.39, 0.29) is 12.5 Å². The lowest BCUT2D eigenvalue weighted by molar-refractivity contribution is -0.119. The third-order valence-corrected chi connectivity index (χ3v) is 5.80. The molecule has 0 bridgehead atoms. The molecule has 0 saturated heterocycles. The normalized spacial score (nSPS) is 13.4. The van der Waals surface area contributed by atoms with Gasteiger partial charge in [0.2, 0.25) is 5.91 Å². The van der Waals surface area contributed by atoms with Crippen molar-refractivity contribution in [1.82, 2.24) is 30.5 Å². The molecule has 1 aromatic carbocycles. The summed E-state index contributed by atoms with van der Waals surface area (Å²) < 4.78 is 5.31. The molecule has 10 nitrogen and oxygen atoms in total. The molecular formula is C23H26N8O2. The SMILES string of the molecule is COCCN1CCN(CC(=O)NCc2ccn[nH]2)c2cnc(-c3cccc4[nH]ccc34)nc21. The molecule has 0 spiro atoms. The third kappa shape index (κ3) is 4.37. The first-order chi connectivity index (χ1) is 16.2. The summed E-state index contributed by atoms with van der Waals surface area (Å²) in [5.74, 6) is 1.41. The van der Waals surface area contributed by atoms with Gasteiger partial charge in [0.05, 0.1) is 37.3 Å². The van der Waals surface area contributed by atoms with Crippen LogP contribution in [0.4, 0.5) is 11.5 Å². The second kappa shape index (κ2) is 9.29. The lowest BCUT2D eigenvalue weighted by Gasteiger charge is -2.37. The van der Waals surface area contributed by atoms with Gasteiger partial charge in [-0.1, -0.05) is 12.1 Å². The highest BCUT2D eigenvalue weighted by molar-refractivity contribution is 5.94. The standard InChI is InChI=1S/C23H26N8O2/c1-33-12-11-30-9-10-31(15-21(32)25-13-16-5-8-27-29-16)20-14-26-22(28-23(20)30)18-3-2-4-19-17(18)6-7-24-19/h2-8,14,24H,9-13,15H2,1H3,(H,25,32)(H,27,29). The number of aromatic amines is 2. The van der Waals surface area contributed by atoms with E-state index in [2.05, 4.69) is 30.4 Å². The highest BCUT2D eigenvalue weighted by Gasteiger charge is 2.27. The minimum absolute atomic E-state index is 0.0675. The van der Waals surface area contributed by atoms with Crippen molar-refractivity contribution in [3.05, 3.63) is 54.6 Å². The van der Waals surface area contributed by atoms with Gasteiger partial charge in [-0.25, -0.2) is 9.97 Å². The second-order valence-corrected chi connectivity index (χ2v) is 7.91. The van der Waals surface area contributed by atoms with Crippen LogP contribution in [-0.2, 0) is 16.1 Å². The smallest absolute Gasteiger partial charge is 0.239 e. The number of aromatic nitrogens is 5. The number of hydrogen-bond donors (Lipinski definition) is 3. The number of benzene rings is 1. The van der Waals surface area contributed by atoms with Gasteiger partial charge in [0, 0.05) is 55.6 Å². The van der Waals surface area contributed by atoms with Crippen molar-refractivity contribution >= 4 is 28.3 Å². The first kappa shape index (κ1) is 21.0. The van der Waals surface area contributed by atoms with Gasteiger partial charge in [-0.05, 0) is 18.2 Å². The predicted octanol–water partition coefficient (Wildman–Crippen LogP) is 1.94. The fraction of sp³-hybridized carbons (Fsp3) is 0.304. The Labute approximate surface area is 191 Å². The van der Waals surface area contributed by atoms with Crippen molar-refractivity contribution in [1.29, 1.82) is 0 Å². The molecule has 3 aromatic heterocycles. The molecule has 4 heterocycles. The zero-order valence-electron chi connectivity index (χ0n) is 18.4. The maximum Gasteiger partial charge on any atom is 0.239 e. The third-order valence-electron chi connectivity index (χ3n) is 5.80. The topological polar surface area (TPSA) is 115 Å². The van der Waals surface area contributed by atoms with Gasteiger partial charge in [-0.3, -0.25) is 9.89 Å². The van der Waals surface area contributed by atoms with Crippen LogP contribution in [0.15, 0.2) is 48.9 Å². The number of methoxy groups -OCH3 is 1. The number of fused-ring (bicyclic) bond motifs is 2. The minimum atomic E-state index is -0.0675. The molecular weight excluding hydrogens is 420 g/mol. The van der Waals surface area contributed by atoms with Crippen LogP contribution in [0, 0.1) is 0 Å². The summed E-state index contributed by atoms with van der Waals surface area (Å²) in [5, 5.41) is 10.8. The monoisotopic (exact) mass is 446 g/mol. The maximum absolute atomic E-state index is 12.6. The van der Waals surface area contributed by atoms with E-state index in [9.17, 15) is 4.79 Å². The maximum atomic E-state index is 12.6. The molecule has 10 heteroatoms. The van der Waals surface area contributed by atoms with Crippen molar-refractivity contribution in [2.45, 2.75) is 6.54 Å². The first-order valence-electron chi connectivity index (χ1n) is 10.9. The van der Waals surface area contributed by atoms with Gasteiger partial charge < -0.3 is 24.8 Å². The van der Waals surface area contributed by atoms with Crippen molar-refractivity contribution in [2.75, 3.05) is 49.7 Å². The van der Waals surface area contributed by atoms with Gasteiger partial charge in [0.25, 0.3) is 0 Å². The summed E-state index contributed by atoms with van der Waals surface area (Å²) in [7, 11) is 1.69. The van der Waals surface area contributed by atoms with E-state index < -0.39 is 0 Å². The first-order valence-corrected chi connectivity index (χ1v) is 10.9. The lowest BCUT2D eigenvalue weighted by Crippen LogP contribution is -2.46. The second-order valence-electron chi connectivity index (χ2n) is 7.91. The summed E-state index contributed by atoms with van der Waals surface area (Å²) >= 11 is 0. The van der Waals surface area contributed by atoms with E-state index in [0.29, 0.717) is 32.1 Å². The molecule has 5 rings (SSSR count). The number of anilines is 2. The molecule has 1 amide bonds. The Hall–Kier alpha value is -3.92. The van der Waals surface area contributed by atoms with Gasteiger partial charge in [-0.2, -0.15) is 5.10 Å². The van der Waals surface area contributed by atoms with Crippen LogP contribution in [0.2, 0.25) is 0 Å². The highest BCUT2D eigenvalue weighted by atomic mass is 16.5. The summed E-state index contributed by atoms with van der Waals surface area (Å²) in [6, 6.07) is 9.93. The van der Waals surface area contributed by atoms with Crippen LogP contribution in [0.3, 0.4) is 0 Å².